The van der Waals surface area contributed by atoms with E-state index in [1.807, 2.05) is 45.0 Å². The Balaban J connectivity index is 2.27. The summed E-state index contributed by atoms with van der Waals surface area (Å²) in [7, 11) is 0. The predicted molar refractivity (Wildman–Crippen MR) is 105 cm³/mol. The molecule has 3 N–H and O–H groups in total. The SMILES string of the molecule is CCCNC(=O)[C@@H](C)Sc1nc(N)c(-c2ccc(Cl)cc2)c(CC)n1. The first-order valence-electron chi connectivity index (χ1n) is 8.32. The molecule has 0 aliphatic carbocycles. The molecule has 0 fully saturated rings. The molecule has 0 saturated heterocycles. The molecule has 0 spiro atoms. The molecule has 0 aliphatic rings. The van der Waals surface area contributed by atoms with Crippen molar-refractivity contribution in [1.29, 1.82) is 0 Å². The third-order valence-electron chi connectivity index (χ3n) is 3.66. The topological polar surface area (TPSA) is 80.9 Å². The van der Waals surface area contributed by atoms with Gasteiger partial charge in [-0.15, -0.1) is 0 Å². The third-order valence-corrected chi connectivity index (χ3v) is 4.87. The Morgan fingerprint density at radius 1 is 1.28 bits per heavy atom. The lowest BCUT2D eigenvalue weighted by Gasteiger charge is -2.14. The van der Waals surface area contributed by atoms with Crippen molar-refractivity contribution in [1.82, 2.24) is 15.3 Å². The molecule has 2 aromatic rings. The number of nitrogens with two attached hydrogens (primary N) is 1. The molecular formula is C18H23ClN4OS. The fourth-order valence-electron chi connectivity index (χ4n) is 2.35. The van der Waals surface area contributed by atoms with Gasteiger partial charge in [-0.05, 0) is 37.5 Å². The Morgan fingerprint density at radius 3 is 2.56 bits per heavy atom. The Hall–Kier alpha value is -1.79. The zero-order valence-corrected chi connectivity index (χ0v) is 16.2. The van der Waals surface area contributed by atoms with Gasteiger partial charge in [-0.25, -0.2) is 9.97 Å². The molecule has 1 aromatic heterocycles. The van der Waals surface area contributed by atoms with Gasteiger partial charge in [0.15, 0.2) is 5.16 Å². The Bertz CT molecular complexity index is 737. The van der Waals surface area contributed by atoms with Crippen molar-refractivity contribution in [2.45, 2.75) is 44.0 Å². The standard InChI is InChI=1S/C18H23ClN4OS/c1-4-10-21-17(24)11(3)25-18-22-14(5-2)15(16(20)23-18)12-6-8-13(19)9-7-12/h6-9,11H,4-5,10H2,1-3H3,(H,21,24)(H2,20,22,23)/t11-/m1/s1. The number of halogens is 1. The molecule has 0 aliphatic heterocycles. The van der Waals surface area contributed by atoms with Gasteiger partial charge in [-0.3, -0.25) is 4.79 Å². The maximum absolute atomic E-state index is 12.0. The molecule has 7 heteroatoms. The second-order valence-corrected chi connectivity index (χ2v) is 7.37. The lowest BCUT2D eigenvalue weighted by molar-refractivity contribution is -0.120. The number of aryl methyl sites for hydroxylation is 1. The van der Waals surface area contributed by atoms with Crippen molar-refractivity contribution in [2.24, 2.45) is 0 Å². The fourth-order valence-corrected chi connectivity index (χ4v) is 3.29. The van der Waals surface area contributed by atoms with E-state index in [1.54, 1.807) is 0 Å². The van der Waals surface area contributed by atoms with Gasteiger partial charge in [-0.2, -0.15) is 0 Å². The number of rotatable bonds is 7. The van der Waals surface area contributed by atoms with Crippen LogP contribution in [-0.4, -0.2) is 27.7 Å². The van der Waals surface area contributed by atoms with Gasteiger partial charge >= 0.3 is 0 Å². The number of aromatic nitrogens is 2. The van der Waals surface area contributed by atoms with Crippen LogP contribution >= 0.6 is 23.4 Å². The van der Waals surface area contributed by atoms with Gasteiger partial charge in [0.05, 0.1) is 10.9 Å². The Kier molecular flexibility index (Phi) is 7.08. The molecule has 0 bridgehead atoms. The van der Waals surface area contributed by atoms with Gasteiger partial charge in [0, 0.05) is 17.1 Å². The molecule has 1 atom stereocenters. The van der Waals surface area contributed by atoms with E-state index in [0.29, 0.717) is 29.0 Å². The summed E-state index contributed by atoms with van der Waals surface area (Å²) in [6.45, 7) is 6.55. The number of amides is 1. The number of nitrogens with zero attached hydrogens (tertiary/aromatic N) is 2. The van der Waals surface area contributed by atoms with E-state index in [-0.39, 0.29) is 11.2 Å². The van der Waals surface area contributed by atoms with E-state index >= 15 is 0 Å². The van der Waals surface area contributed by atoms with E-state index in [0.717, 1.165) is 23.2 Å². The second-order valence-electron chi connectivity index (χ2n) is 5.62. The lowest BCUT2D eigenvalue weighted by Crippen LogP contribution is -2.31. The minimum absolute atomic E-state index is 0.0196. The summed E-state index contributed by atoms with van der Waals surface area (Å²) in [4.78, 5) is 21.0. The normalized spacial score (nSPS) is 12.0. The highest BCUT2D eigenvalue weighted by molar-refractivity contribution is 8.00. The first-order valence-corrected chi connectivity index (χ1v) is 9.58. The average molecular weight is 379 g/mol. The molecule has 0 radical (unpaired) electrons. The summed E-state index contributed by atoms with van der Waals surface area (Å²) in [5, 5.41) is 3.79. The third kappa shape index (κ3) is 5.09. The highest BCUT2D eigenvalue weighted by Gasteiger charge is 2.19. The predicted octanol–water partition coefficient (Wildman–Crippen LogP) is 3.95. The van der Waals surface area contributed by atoms with Crippen LogP contribution in [0, 0.1) is 0 Å². The van der Waals surface area contributed by atoms with Crippen LogP contribution in [-0.2, 0) is 11.2 Å². The highest BCUT2D eigenvalue weighted by atomic mass is 35.5. The van der Waals surface area contributed by atoms with Gasteiger partial charge in [0.2, 0.25) is 5.91 Å². The second kappa shape index (κ2) is 9.06. The van der Waals surface area contributed by atoms with E-state index < -0.39 is 0 Å². The van der Waals surface area contributed by atoms with Crippen molar-refractivity contribution in [2.75, 3.05) is 12.3 Å². The van der Waals surface area contributed by atoms with Gasteiger partial charge in [-0.1, -0.05) is 49.3 Å². The van der Waals surface area contributed by atoms with Crippen LogP contribution in [0.4, 0.5) is 5.82 Å². The molecule has 5 nitrogen and oxygen atoms in total. The number of hydrogen-bond donors (Lipinski definition) is 2. The first-order chi connectivity index (χ1) is 12.0. The average Bonchev–Trinajstić information content (AvgIpc) is 2.60. The largest absolute Gasteiger partial charge is 0.383 e. The quantitative estimate of drug-likeness (QED) is 0.563. The maximum Gasteiger partial charge on any atom is 0.233 e. The van der Waals surface area contributed by atoms with E-state index in [4.69, 9.17) is 17.3 Å². The fraction of sp³-hybridized carbons (Fsp3) is 0.389. The van der Waals surface area contributed by atoms with Crippen LogP contribution in [0.2, 0.25) is 5.02 Å². The van der Waals surface area contributed by atoms with Gasteiger partial charge in [0.25, 0.3) is 0 Å². The number of carbonyl (C=O) groups is 1. The van der Waals surface area contributed by atoms with Crippen LogP contribution in [0.5, 0.6) is 0 Å². The zero-order valence-electron chi connectivity index (χ0n) is 14.7. The van der Waals surface area contributed by atoms with Crippen LogP contribution in [0.1, 0.15) is 32.9 Å². The van der Waals surface area contributed by atoms with E-state index in [1.165, 1.54) is 11.8 Å². The number of hydrogen-bond acceptors (Lipinski definition) is 5. The molecular weight excluding hydrogens is 356 g/mol. The summed E-state index contributed by atoms with van der Waals surface area (Å²) in [6, 6.07) is 7.45. The first kappa shape index (κ1) is 19.5. The van der Waals surface area contributed by atoms with Crippen LogP contribution in [0.3, 0.4) is 0 Å². The van der Waals surface area contributed by atoms with E-state index in [2.05, 4.69) is 15.3 Å². The van der Waals surface area contributed by atoms with Crippen LogP contribution < -0.4 is 11.1 Å². The minimum atomic E-state index is -0.281. The van der Waals surface area contributed by atoms with Gasteiger partial charge < -0.3 is 11.1 Å². The number of nitrogens with one attached hydrogen (secondary N) is 1. The number of anilines is 1. The molecule has 0 unspecified atom stereocenters. The van der Waals surface area contributed by atoms with Crippen molar-refractivity contribution in [3.05, 3.63) is 35.0 Å². The van der Waals surface area contributed by atoms with E-state index in [9.17, 15) is 4.79 Å². The van der Waals surface area contributed by atoms with Gasteiger partial charge in [0.1, 0.15) is 5.82 Å². The zero-order chi connectivity index (χ0) is 18.4. The van der Waals surface area contributed by atoms with Crippen molar-refractivity contribution in [3.8, 4) is 11.1 Å². The minimum Gasteiger partial charge on any atom is -0.383 e. The molecule has 1 amide bonds. The van der Waals surface area contributed by atoms with Crippen LogP contribution in [0.15, 0.2) is 29.4 Å². The number of benzene rings is 1. The highest BCUT2D eigenvalue weighted by Crippen LogP contribution is 2.31. The molecule has 2 rings (SSSR count). The molecule has 25 heavy (non-hydrogen) atoms. The Labute approximate surface area is 157 Å². The maximum atomic E-state index is 12.0. The summed E-state index contributed by atoms with van der Waals surface area (Å²) in [5.41, 5.74) is 8.82. The van der Waals surface area contributed by atoms with Crippen molar-refractivity contribution < 1.29 is 4.79 Å². The molecule has 1 heterocycles. The molecule has 1 aromatic carbocycles. The monoisotopic (exact) mass is 378 g/mol. The number of thioether (sulfide) groups is 1. The van der Waals surface area contributed by atoms with Crippen molar-refractivity contribution in [3.63, 3.8) is 0 Å². The summed E-state index contributed by atoms with van der Waals surface area (Å²) in [6.07, 6.45) is 1.62. The number of carbonyl (C=O) groups excluding carboxylic acids is 1. The molecule has 134 valence electrons. The smallest absolute Gasteiger partial charge is 0.233 e. The number of nitrogen functional groups attached to an aromatic ring is 1. The van der Waals surface area contributed by atoms with Crippen LogP contribution in [0.25, 0.3) is 11.1 Å². The Morgan fingerprint density at radius 2 is 1.96 bits per heavy atom. The lowest BCUT2D eigenvalue weighted by atomic mass is 10.0. The molecule has 0 saturated carbocycles. The summed E-state index contributed by atoms with van der Waals surface area (Å²) in [5.74, 6) is 0.395. The van der Waals surface area contributed by atoms with Crippen molar-refractivity contribution >= 4 is 35.1 Å². The summed E-state index contributed by atoms with van der Waals surface area (Å²) < 4.78 is 0. The summed E-state index contributed by atoms with van der Waals surface area (Å²) >= 11 is 7.27.